The molecule has 2 aliphatic rings. The molecule has 9 nitrogen and oxygen atoms in total. The van der Waals surface area contributed by atoms with Gasteiger partial charge in [-0.2, -0.15) is 10.2 Å². The number of hydrogen-bond donors (Lipinski definition) is 3. The van der Waals surface area contributed by atoms with Gasteiger partial charge in [0.1, 0.15) is 18.0 Å². The van der Waals surface area contributed by atoms with E-state index < -0.39 is 11.4 Å². The molecule has 4 aromatic rings. The van der Waals surface area contributed by atoms with Crippen molar-refractivity contribution in [3.05, 3.63) is 81.5 Å². The molecule has 2 unspecified atom stereocenters. The first-order valence-electron chi connectivity index (χ1n) is 11.9. The van der Waals surface area contributed by atoms with Crippen LogP contribution in [0.1, 0.15) is 40.9 Å². The molecule has 2 aliphatic heterocycles. The smallest absolute Gasteiger partial charge is 0.272 e. The van der Waals surface area contributed by atoms with Crippen LogP contribution in [0.25, 0.3) is 10.8 Å². The van der Waals surface area contributed by atoms with Crippen LogP contribution in [0, 0.1) is 5.82 Å². The molecule has 0 radical (unpaired) electrons. The van der Waals surface area contributed by atoms with Crippen LogP contribution in [0.5, 0.6) is 0 Å². The van der Waals surface area contributed by atoms with Gasteiger partial charge in [0.25, 0.3) is 5.56 Å². The average Bonchev–Trinajstić information content (AvgIpc) is 3.21. The highest BCUT2D eigenvalue weighted by Crippen LogP contribution is 2.43. The fourth-order valence-electron chi connectivity index (χ4n) is 5.24. The Morgan fingerprint density at radius 2 is 2.00 bits per heavy atom. The molecule has 4 heterocycles. The maximum Gasteiger partial charge on any atom is 0.272 e. The summed E-state index contributed by atoms with van der Waals surface area (Å²) in [6, 6.07) is 11.2. The highest BCUT2D eigenvalue weighted by Gasteiger charge is 2.36. The van der Waals surface area contributed by atoms with Gasteiger partial charge in [-0.3, -0.25) is 9.69 Å². The van der Waals surface area contributed by atoms with Gasteiger partial charge < -0.3 is 10.4 Å². The Morgan fingerprint density at radius 1 is 1.17 bits per heavy atom. The van der Waals surface area contributed by atoms with Crippen molar-refractivity contribution in [3.63, 3.8) is 0 Å². The predicted octanol–water partition coefficient (Wildman–Crippen LogP) is 2.19. The van der Waals surface area contributed by atoms with E-state index in [1.165, 1.54) is 30.4 Å². The Bertz CT molecular complexity index is 1430. The van der Waals surface area contributed by atoms with Gasteiger partial charge in [0.2, 0.25) is 0 Å². The lowest BCUT2D eigenvalue weighted by Crippen LogP contribution is -2.36. The molecule has 0 bridgehead atoms. The molecule has 180 valence electrons. The van der Waals surface area contributed by atoms with Gasteiger partial charge in [0.15, 0.2) is 0 Å². The van der Waals surface area contributed by atoms with E-state index in [-0.39, 0.29) is 30.4 Å². The lowest BCUT2D eigenvalue weighted by atomic mass is 9.82. The molecule has 10 heteroatoms. The molecule has 0 spiro atoms. The zero-order valence-electron chi connectivity index (χ0n) is 19.1. The Morgan fingerprint density at radius 3 is 2.74 bits per heavy atom. The van der Waals surface area contributed by atoms with Crippen LogP contribution in [0.4, 0.5) is 10.1 Å². The van der Waals surface area contributed by atoms with Crippen molar-refractivity contribution in [2.45, 2.75) is 31.3 Å². The summed E-state index contributed by atoms with van der Waals surface area (Å²) in [5.74, 6) is -0.374. The van der Waals surface area contributed by atoms with E-state index >= 15 is 0 Å². The van der Waals surface area contributed by atoms with Crippen molar-refractivity contribution in [1.29, 1.82) is 0 Å². The van der Waals surface area contributed by atoms with E-state index in [0.717, 1.165) is 25.2 Å². The first-order valence-corrected chi connectivity index (χ1v) is 11.9. The van der Waals surface area contributed by atoms with Crippen molar-refractivity contribution in [1.82, 2.24) is 29.9 Å². The second kappa shape index (κ2) is 8.86. The van der Waals surface area contributed by atoms with Crippen LogP contribution in [0.2, 0.25) is 0 Å². The van der Waals surface area contributed by atoms with Gasteiger partial charge >= 0.3 is 0 Å². The summed E-state index contributed by atoms with van der Waals surface area (Å²) < 4.78 is 16.1. The van der Waals surface area contributed by atoms with Crippen LogP contribution in [-0.2, 0) is 13.1 Å². The number of nitrogens with zero attached hydrogens (tertiary/aromatic N) is 5. The molecule has 3 N–H and O–H groups in total. The van der Waals surface area contributed by atoms with Crippen molar-refractivity contribution in [2.75, 3.05) is 31.6 Å². The Labute approximate surface area is 200 Å². The third kappa shape index (κ3) is 3.88. The van der Waals surface area contributed by atoms with Crippen LogP contribution in [0.3, 0.4) is 0 Å². The fraction of sp³-hybridized carbons (Fsp3) is 0.360. The number of benzene rings is 2. The first-order chi connectivity index (χ1) is 17.1. The Kier molecular flexibility index (Phi) is 5.54. The summed E-state index contributed by atoms with van der Waals surface area (Å²) in [5, 5.41) is 25.1. The second-order valence-electron chi connectivity index (χ2n) is 9.22. The highest BCUT2D eigenvalue weighted by molar-refractivity contribution is 5.96. The van der Waals surface area contributed by atoms with Crippen molar-refractivity contribution in [3.8, 4) is 0 Å². The summed E-state index contributed by atoms with van der Waals surface area (Å²) >= 11 is 0. The second-order valence-corrected chi connectivity index (χ2v) is 9.22. The molecule has 0 amide bonds. The van der Waals surface area contributed by atoms with Crippen molar-refractivity contribution < 1.29 is 9.50 Å². The maximum atomic E-state index is 14.4. The monoisotopic (exact) mass is 475 g/mol. The quantitative estimate of drug-likeness (QED) is 0.392. The minimum atomic E-state index is -0.489. The third-order valence-electron chi connectivity index (χ3n) is 7.09. The number of anilines is 1. The SMILES string of the molecule is O=c1[nH]nc2c3c(cc(F)cc13)NCC(c1ccc(CN3CCC3)cc1)C2c1ncnn1CCO. The van der Waals surface area contributed by atoms with E-state index in [0.29, 0.717) is 29.1 Å². The number of likely N-dealkylation sites (tertiary alicyclic amines) is 1. The molecule has 2 aromatic heterocycles. The number of aliphatic hydroxyl groups is 1. The molecular weight excluding hydrogens is 449 g/mol. The average molecular weight is 476 g/mol. The van der Waals surface area contributed by atoms with Gasteiger partial charge in [-0.25, -0.2) is 19.2 Å². The minimum absolute atomic E-state index is 0.0898. The predicted molar refractivity (Wildman–Crippen MR) is 129 cm³/mol. The Balaban J connectivity index is 1.50. The van der Waals surface area contributed by atoms with Crippen LogP contribution >= 0.6 is 0 Å². The molecule has 35 heavy (non-hydrogen) atoms. The van der Waals surface area contributed by atoms with Gasteiger partial charge in [-0.1, -0.05) is 24.3 Å². The first kappa shape index (κ1) is 21.9. The summed E-state index contributed by atoms with van der Waals surface area (Å²) in [6.45, 7) is 3.88. The number of hydrogen-bond acceptors (Lipinski definition) is 7. The Hall–Kier alpha value is -3.63. The highest BCUT2D eigenvalue weighted by atomic mass is 19.1. The lowest BCUT2D eigenvalue weighted by Gasteiger charge is -2.31. The number of aliphatic hydroxyl groups excluding tert-OH is 1. The van der Waals surface area contributed by atoms with Crippen LogP contribution in [-0.4, -0.2) is 61.2 Å². The summed E-state index contributed by atoms with van der Waals surface area (Å²) in [5.41, 5.74) is 3.01. The molecule has 1 fully saturated rings. The number of nitrogens with one attached hydrogen (secondary N) is 2. The van der Waals surface area contributed by atoms with Gasteiger partial charge in [0.05, 0.1) is 30.1 Å². The van der Waals surface area contributed by atoms with E-state index in [1.807, 2.05) is 0 Å². The van der Waals surface area contributed by atoms with Gasteiger partial charge in [-0.15, -0.1) is 0 Å². The molecule has 0 saturated carbocycles. The van der Waals surface area contributed by atoms with Crippen LogP contribution in [0.15, 0.2) is 47.5 Å². The normalized spacial score (nSPS) is 19.8. The number of aromatic amines is 1. The molecule has 2 aromatic carbocycles. The molecule has 1 saturated heterocycles. The molecule has 2 atom stereocenters. The fourth-order valence-corrected chi connectivity index (χ4v) is 5.24. The lowest BCUT2D eigenvalue weighted by molar-refractivity contribution is 0.172. The van der Waals surface area contributed by atoms with E-state index in [1.54, 1.807) is 4.68 Å². The minimum Gasteiger partial charge on any atom is -0.394 e. The maximum absolute atomic E-state index is 14.4. The van der Waals surface area contributed by atoms with Gasteiger partial charge in [-0.05, 0) is 42.8 Å². The zero-order chi connectivity index (χ0) is 23.9. The van der Waals surface area contributed by atoms with E-state index in [2.05, 4.69) is 54.8 Å². The summed E-state index contributed by atoms with van der Waals surface area (Å²) in [7, 11) is 0. The molecule has 0 aliphatic carbocycles. The van der Waals surface area contributed by atoms with E-state index in [4.69, 9.17) is 0 Å². The molecule has 6 rings (SSSR count). The topological polar surface area (TPSA) is 112 Å². The zero-order valence-corrected chi connectivity index (χ0v) is 19.1. The molecular formula is C25H26FN7O2. The summed E-state index contributed by atoms with van der Waals surface area (Å²) in [6.07, 6.45) is 2.72. The van der Waals surface area contributed by atoms with E-state index in [9.17, 15) is 14.3 Å². The largest absolute Gasteiger partial charge is 0.394 e. The standard InChI is InChI=1S/C25H26FN7O2/c26-17-10-18-21-20(11-17)27-12-19(16-4-2-15(3-5-16)13-32-6-1-7-32)22(23(21)30-31-25(18)35)24-28-14-29-33(24)8-9-34/h2-5,10-11,14,19,22,27,34H,1,6-9,12-13H2,(H,31,35). The van der Waals surface area contributed by atoms with Crippen molar-refractivity contribution >= 4 is 16.5 Å². The number of H-pyrrole nitrogens is 1. The van der Waals surface area contributed by atoms with Crippen LogP contribution < -0.4 is 10.9 Å². The van der Waals surface area contributed by atoms with Gasteiger partial charge in [0, 0.05) is 30.1 Å². The number of rotatable bonds is 6. The van der Waals surface area contributed by atoms with Crippen molar-refractivity contribution in [2.24, 2.45) is 0 Å². The number of aromatic nitrogens is 5. The summed E-state index contributed by atoms with van der Waals surface area (Å²) in [4.78, 5) is 19.5. The number of halogens is 1. The third-order valence-corrected chi connectivity index (χ3v) is 7.09.